The number of piperidine rings is 1. The van der Waals surface area contributed by atoms with E-state index in [-0.39, 0.29) is 40.3 Å². The Morgan fingerprint density at radius 1 is 1.11 bits per heavy atom. The van der Waals surface area contributed by atoms with Gasteiger partial charge in [-0.15, -0.1) is 0 Å². The summed E-state index contributed by atoms with van der Waals surface area (Å²) >= 11 is 13.5. The Morgan fingerprint density at radius 2 is 1.82 bits per heavy atom. The number of ether oxygens (including phenoxy) is 2. The number of carbonyl (C=O) groups excluding carboxylic acids is 2. The molecule has 1 N–H and O–H groups in total. The number of anilines is 4. The third kappa shape index (κ3) is 6.52. The fourth-order valence-corrected chi connectivity index (χ4v) is 5.92. The highest BCUT2D eigenvalue weighted by Gasteiger charge is 2.41. The second kappa shape index (κ2) is 13.7. The quantitative estimate of drug-likeness (QED) is 0.323. The summed E-state index contributed by atoms with van der Waals surface area (Å²) < 4.78 is 10.9. The highest BCUT2D eigenvalue weighted by Crippen LogP contribution is 2.48. The Balaban J connectivity index is 1.50. The van der Waals surface area contributed by atoms with Crippen LogP contribution < -0.4 is 24.6 Å². The largest absolute Gasteiger partial charge is 0.495 e. The van der Waals surface area contributed by atoms with Crippen LogP contribution in [0.2, 0.25) is 10.0 Å². The lowest BCUT2D eigenvalue weighted by Crippen LogP contribution is -2.55. The van der Waals surface area contributed by atoms with Crippen molar-refractivity contribution < 1.29 is 19.1 Å². The molecule has 0 bridgehead atoms. The van der Waals surface area contributed by atoms with Crippen molar-refractivity contribution in [1.82, 2.24) is 24.8 Å². The number of likely N-dealkylation sites (tertiary alicyclic amines) is 1. The zero-order valence-corrected chi connectivity index (χ0v) is 26.5. The van der Waals surface area contributed by atoms with E-state index in [2.05, 4.69) is 15.3 Å². The number of hydrogen-bond donors (Lipinski definition) is 1. The molecule has 0 aliphatic carbocycles. The van der Waals surface area contributed by atoms with Crippen LogP contribution in [0, 0.1) is 0 Å². The Bertz CT molecular complexity index is 1520. The van der Waals surface area contributed by atoms with E-state index in [0.717, 1.165) is 0 Å². The summed E-state index contributed by atoms with van der Waals surface area (Å²) in [4.78, 5) is 47.8. The molecule has 3 aromatic rings. The maximum absolute atomic E-state index is 14.4. The molecule has 0 saturated carbocycles. The molecule has 44 heavy (non-hydrogen) atoms. The summed E-state index contributed by atoms with van der Waals surface area (Å²) in [5.74, 6) is 1.91. The molecule has 2 aliphatic heterocycles. The average Bonchev–Trinajstić information content (AvgIpc) is 3.02. The number of nitrogens with one attached hydrogen (secondary N) is 1. The van der Waals surface area contributed by atoms with E-state index in [0.29, 0.717) is 67.1 Å². The van der Waals surface area contributed by atoms with Gasteiger partial charge < -0.3 is 24.6 Å². The number of halogens is 2. The van der Waals surface area contributed by atoms with Crippen LogP contribution in [-0.4, -0.2) is 90.7 Å². The maximum Gasteiger partial charge on any atom is 0.330 e. The Labute approximate surface area is 266 Å². The van der Waals surface area contributed by atoms with Gasteiger partial charge in [-0.3, -0.25) is 14.6 Å². The van der Waals surface area contributed by atoms with Crippen LogP contribution in [0.25, 0.3) is 0 Å². The molecule has 2 aromatic heterocycles. The van der Waals surface area contributed by atoms with Crippen LogP contribution in [0.5, 0.6) is 11.5 Å². The number of fused-ring (bicyclic) bond motifs is 1. The molecule has 12 nitrogen and oxygen atoms in total. The number of rotatable bonds is 9. The number of likely N-dealkylation sites (N-methyl/N-ethyl adjacent to an activating group) is 1. The van der Waals surface area contributed by atoms with E-state index in [1.807, 2.05) is 37.2 Å². The van der Waals surface area contributed by atoms with Crippen LogP contribution in [0.1, 0.15) is 18.4 Å². The van der Waals surface area contributed by atoms with Crippen molar-refractivity contribution in [1.29, 1.82) is 0 Å². The van der Waals surface area contributed by atoms with Crippen molar-refractivity contribution in [3.05, 3.63) is 64.4 Å². The molecule has 3 amide bonds. The Kier molecular flexibility index (Phi) is 9.72. The molecular formula is C30H34Cl2N8O4. The van der Waals surface area contributed by atoms with Gasteiger partial charge in [0.25, 0.3) is 0 Å². The third-order valence-electron chi connectivity index (χ3n) is 7.43. The predicted octanol–water partition coefficient (Wildman–Crippen LogP) is 4.99. The van der Waals surface area contributed by atoms with Gasteiger partial charge in [0.1, 0.15) is 33.2 Å². The molecular weight excluding hydrogens is 607 g/mol. The summed E-state index contributed by atoms with van der Waals surface area (Å²) in [5, 5.41) is 3.46. The molecule has 2 aliphatic rings. The van der Waals surface area contributed by atoms with E-state index in [9.17, 15) is 9.59 Å². The van der Waals surface area contributed by atoms with Gasteiger partial charge in [0.2, 0.25) is 11.9 Å². The topological polar surface area (TPSA) is 116 Å². The normalized spacial score (nSPS) is 15.6. The average molecular weight is 642 g/mol. The molecule has 0 unspecified atom stereocenters. The number of hydrogen-bond acceptors (Lipinski definition) is 9. The minimum atomic E-state index is -0.366. The highest BCUT2D eigenvalue weighted by molar-refractivity contribution is 6.42. The molecule has 0 radical (unpaired) electrons. The minimum absolute atomic E-state index is 0.0523. The lowest BCUT2D eigenvalue weighted by Gasteiger charge is -2.43. The second-order valence-corrected chi connectivity index (χ2v) is 11.4. The summed E-state index contributed by atoms with van der Waals surface area (Å²) in [5.41, 5.74) is 0.953. The first-order chi connectivity index (χ1) is 21.2. The second-order valence-electron chi connectivity index (χ2n) is 10.6. The van der Waals surface area contributed by atoms with E-state index in [4.69, 9.17) is 37.7 Å². The number of nitrogens with zero attached hydrogens (tertiary/aromatic N) is 7. The first-order valence-electron chi connectivity index (χ1n) is 14.1. The fraction of sp³-hybridized carbons (Fsp3) is 0.367. The first kappa shape index (κ1) is 31.3. The monoisotopic (exact) mass is 640 g/mol. The number of benzene rings is 1. The van der Waals surface area contributed by atoms with Crippen LogP contribution in [0.4, 0.5) is 28.1 Å². The Morgan fingerprint density at radius 3 is 2.43 bits per heavy atom. The molecule has 14 heteroatoms. The molecule has 1 fully saturated rings. The van der Waals surface area contributed by atoms with Crippen molar-refractivity contribution in [3.63, 3.8) is 0 Å². The number of urea groups is 1. The number of carbonyl (C=O) groups is 2. The SMILES string of the molecule is COc1cc(OC)c(Cl)c(N2Cc3cnc(Nc4ccccn4)nc3N(C3CCN(C(=O)C=CCN(C)C)CC3)C2=O)c1Cl. The number of methoxy groups -OCH3 is 2. The van der Waals surface area contributed by atoms with Gasteiger partial charge >= 0.3 is 6.03 Å². The van der Waals surface area contributed by atoms with Gasteiger partial charge in [0, 0.05) is 55.8 Å². The van der Waals surface area contributed by atoms with Crippen LogP contribution in [0.15, 0.2) is 48.8 Å². The molecule has 5 rings (SSSR count). The van der Waals surface area contributed by atoms with Gasteiger partial charge in [-0.2, -0.15) is 4.98 Å². The summed E-state index contributed by atoms with van der Waals surface area (Å²) in [6, 6.07) is 6.41. The molecule has 0 atom stereocenters. The zero-order chi connectivity index (χ0) is 31.4. The highest BCUT2D eigenvalue weighted by atomic mass is 35.5. The lowest BCUT2D eigenvalue weighted by molar-refractivity contribution is -0.127. The van der Waals surface area contributed by atoms with E-state index < -0.39 is 0 Å². The van der Waals surface area contributed by atoms with E-state index in [1.165, 1.54) is 19.1 Å². The first-order valence-corrected chi connectivity index (χ1v) is 14.8. The van der Waals surface area contributed by atoms with Gasteiger partial charge in [-0.05, 0) is 39.1 Å². The van der Waals surface area contributed by atoms with Crippen LogP contribution in [0.3, 0.4) is 0 Å². The summed E-state index contributed by atoms with van der Waals surface area (Å²) in [6.45, 7) is 1.74. The van der Waals surface area contributed by atoms with Gasteiger partial charge in [-0.1, -0.05) is 35.3 Å². The van der Waals surface area contributed by atoms with Gasteiger partial charge in [-0.25, -0.2) is 14.8 Å². The maximum atomic E-state index is 14.4. The Hall–Kier alpha value is -4.13. The third-order valence-corrected chi connectivity index (χ3v) is 8.16. The smallest absolute Gasteiger partial charge is 0.330 e. The molecule has 4 heterocycles. The van der Waals surface area contributed by atoms with E-state index >= 15 is 0 Å². The molecule has 232 valence electrons. The molecule has 1 aromatic carbocycles. The number of aromatic nitrogens is 3. The standard InChI is InChI=1S/C30H34Cl2N8O4/c1-37(2)13-7-9-24(41)38-14-10-20(11-15-38)40-28-19(17-34-29(36-28)35-23-8-5-6-12-33-23)18-39(30(40)42)27-25(31)21(43-3)16-22(44-4)26(27)32/h5-9,12,16-17,20H,10-11,13-15,18H2,1-4H3,(H,33,34,35,36). The fourth-order valence-electron chi connectivity index (χ4n) is 5.22. The van der Waals surface area contributed by atoms with Crippen LogP contribution >= 0.6 is 23.2 Å². The van der Waals surface area contributed by atoms with Crippen molar-refractivity contribution in [2.24, 2.45) is 0 Å². The van der Waals surface area contributed by atoms with E-state index in [1.54, 1.807) is 40.4 Å². The number of amides is 3. The molecule has 1 saturated heterocycles. The van der Waals surface area contributed by atoms with Crippen molar-refractivity contribution in [2.75, 3.05) is 63.1 Å². The van der Waals surface area contributed by atoms with Crippen molar-refractivity contribution >= 4 is 58.4 Å². The molecule has 0 spiro atoms. The predicted molar refractivity (Wildman–Crippen MR) is 170 cm³/mol. The number of pyridine rings is 1. The summed E-state index contributed by atoms with van der Waals surface area (Å²) in [6.07, 6.45) is 7.87. The van der Waals surface area contributed by atoms with Crippen molar-refractivity contribution in [3.8, 4) is 11.5 Å². The van der Waals surface area contributed by atoms with Gasteiger partial charge in [0.15, 0.2) is 0 Å². The van der Waals surface area contributed by atoms with Crippen LogP contribution in [-0.2, 0) is 11.3 Å². The lowest BCUT2D eigenvalue weighted by atomic mass is 10.0. The minimum Gasteiger partial charge on any atom is -0.495 e. The summed E-state index contributed by atoms with van der Waals surface area (Å²) in [7, 11) is 6.85. The van der Waals surface area contributed by atoms with Crippen molar-refractivity contribution in [2.45, 2.75) is 25.4 Å². The zero-order valence-electron chi connectivity index (χ0n) is 25.0. The van der Waals surface area contributed by atoms with Gasteiger partial charge in [0.05, 0.1) is 26.5 Å².